The van der Waals surface area contributed by atoms with Crippen LogP contribution >= 0.6 is 0 Å². The molecule has 0 aliphatic carbocycles. The minimum atomic E-state index is -0.567. The summed E-state index contributed by atoms with van der Waals surface area (Å²) in [5.41, 5.74) is 2.55. The normalized spacial score (nSPS) is 10.6. The van der Waals surface area contributed by atoms with Gasteiger partial charge in [-0.2, -0.15) is 5.26 Å². The highest BCUT2D eigenvalue weighted by molar-refractivity contribution is 5.73. The van der Waals surface area contributed by atoms with Crippen molar-refractivity contribution in [3.63, 3.8) is 0 Å². The van der Waals surface area contributed by atoms with E-state index in [1.807, 2.05) is 66.7 Å². The smallest absolute Gasteiger partial charge is 0.167 e. The zero-order valence-electron chi connectivity index (χ0n) is 17.8. The Morgan fingerprint density at radius 2 is 1.12 bits per heavy atom. The lowest BCUT2D eigenvalue weighted by Gasteiger charge is -2.11. The molecule has 6 heteroatoms. The second-order valence-electron chi connectivity index (χ2n) is 7.54. The van der Waals surface area contributed by atoms with Gasteiger partial charge >= 0.3 is 0 Å². The Bertz CT molecular complexity index is 1470. The summed E-state index contributed by atoms with van der Waals surface area (Å²) in [6.45, 7) is 0. The van der Waals surface area contributed by atoms with Gasteiger partial charge in [-0.3, -0.25) is 0 Å². The predicted octanol–water partition coefficient (Wildman–Crippen LogP) is 6.69. The first-order valence-corrected chi connectivity index (χ1v) is 10.5. The maximum atomic E-state index is 15.0. The summed E-state index contributed by atoms with van der Waals surface area (Å²) in [7, 11) is 0. The monoisotopic (exact) mass is 446 g/mol. The highest BCUT2D eigenvalue weighted by Crippen LogP contribution is 2.31. The molecule has 0 N–H and O–H groups in total. The van der Waals surface area contributed by atoms with Crippen molar-refractivity contribution >= 4 is 0 Å². The van der Waals surface area contributed by atoms with E-state index in [0.29, 0.717) is 17.2 Å². The molecule has 0 fully saturated rings. The van der Waals surface area contributed by atoms with Crippen molar-refractivity contribution in [3.8, 4) is 51.4 Å². The zero-order valence-corrected chi connectivity index (χ0v) is 17.8. The van der Waals surface area contributed by atoms with Gasteiger partial charge in [0.2, 0.25) is 0 Å². The first-order valence-electron chi connectivity index (χ1n) is 10.5. The molecule has 5 aromatic rings. The highest BCUT2D eigenvalue weighted by Gasteiger charge is 2.17. The molecule has 4 aromatic carbocycles. The predicted molar refractivity (Wildman–Crippen MR) is 126 cm³/mol. The number of benzene rings is 4. The van der Waals surface area contributed by atoms with Gasteiger partial charge in [-0.25, -0.2) is 23.7 Å². The summed E-state index contributed by atoms with van der Waals surface area (Å²) in [6.07, 6.45) is 0. The van der Waals surface area contributed by atoms with Crippen molar-refractivity contribution in [2.45, 2.75) is 0 Å². The van der Waals surface area contributed by atoms with Crippen molar-refractivity contribution in [1.29, 1.82) is 5.26 Å². The third-order valence-electron chi connectivity index (χ3n) is 5.32. The van der Waals surface area contributed by atoms with Crippen LogP contribution in [0.5, 0.6) is 0 Å². The molecule has 0 amide bonds. The van der Waals surface area contributed by atoms with Gasteiger partial charge in [0, 0.05) is 16.7 Å². The van der Waals surface area contributed by atoms with Gasteiger partial charge in [-0.1, -0.05) is 72.8 Å². The Hall–Kier alpha value is -4.76. The topological polar surface area (TPSA) is 62.5 Å². The first kappa shape index (κ1) is 21.1. The second-order valence-corrected chi connectivity index (χ2v) is 7.54. The van der Waals surface area contributed by atoms with E-state index in [4.69, 9.17) is 5.26 Å². The van der Waals surface area contributed by atoms with Gasteiger partial charge in [0.05, 0.1) is 17.2 Å². The number of rotatable bonds is 4. The average Bonchev–Trinajstić information content (AvgIpc) is 2.90. The van der Waals surface area contributed by atoms with Crippen LogP contribution in [-0.4, -0.2) is 15.0 Å². The fourth-order valence-corrected chi connectivity index (χ4v) is 3.61. The lowest BCUT2D eigenvalue weighted by atomic mass is 10.0. The lowest BCUT2D eigenvalue weighted by Crippen LogP contribution is -2.01. The fourth-order valence-electron chi connectivity index (χ4n) is 3.61. The third kappa shape index (κ3) is 4.15. The Morgan fingerprint density at radius 3 is 1.68 bits per heavy atom. The van der Waals surface area contributed by atoms with Gasteiger partial charge in [-0.15, -0.1) is 0 Å². The third-order valence-corrected chi connectivity index (χ3v) is 5.32. The van der Waals surface area contributed by atoms with E-state index in [9.17, 15) is 4.39 Å². The Labute approximate surface area is 194 Å². The number of nitrogens with zero attached hydrogens (tertiary/aromatic N) is 4. The molecule has 0 saturated heterocycles. The molecule has 0 bridgehead atoms. The zero-order chi connectivity index (χ0) is 23.5. The van der Waals surface area contributed by atoms with E-state index in [1.165, 1.54) is 30.3 Å². The maximum Gasteiger partial charge on any atom is 0.167 e. The van der Waals surface area contributed by atoms with Gasteiger partial charge in [0.1, 0.15) is 11.6 Å². The number of hydrogen-bond acceptors (Lipinski definition) is 4. The van der Waals surface area contributed by atoms with Crippen molar-refractivity contribution in [2.24, 2.45) is 0 Å². The number of nitriles is 1. The summed E-state index contributed by atoms with van der Waals surface area (Å²) < 4.78 is 29.7. The van der Waals surface area contributed by atoms with Crippen LogP contribution in [0.4, 0.5) is 8.78 Å². The minimum Gasteiger partial charge on any atom is -0.208 e. The molecule has 34 heavy (non-hydrogen) atoms. The van der Waals surface area contributed by atoms with Crippen LogP contribution in [0.15, 0.2) is 97.1 Å². The van der Waals surface area contributed by atoms with E-state index in [-0.39, 0.29) is 22.5 Å². The standard InChI is InChI=1S/C28H16F2N4/c29-24-14-12-21(22-13-11-18(17-31)15-25(22)30)16-23(24)28-33-26(19-7-3-1-4-8-19)32-27(34-28)20-9-5-2-6-10-20/h1-16H. The lowest BCUT2D eigenvalue weighted by molar-refractivity contribution is 0.627. The van der Waals surface area contributed by atoms with Gasteiger partial charge in [0.25, 0.3) is 0 Å². The van der Waals surface area contributed by atoms with Crippen LogP contribution in [0.1, 0.15) is 5.56 Å². The molecule has 0 aliphatic rings. The van der Waals surface area contributed by atoms with E-state index in [2.05, 4.69) is 15.0 Å². The molecule has 0 atom stereocenters. The summed E-state index contributed by atoms with van der Waals surface area (Å²) in [6, 6.07) is 29.1. The Kier molecular flexibility index (Phi) is 5.59. The molecule has 1 aromatic heterocycles. The average molecular weight is 446 g/mol. The summed E-state index contributed by atoms with van der Waals surface area (Å²) in [5.74, 6) is -0.164. The summed E-state index contributed by atoms with van der Waals surface area (Å²) in [4.78, 5) is 13.7. The van der Waals surface area contributed by atoms with E-state index in [0.717, 1.165) is 17.2 Å². The Morgan fingerprint density at radius 1 is 0.529 bits per heavy atom. The molecular weight excluding hydrogens is 430 g/mol. The van der Waals surface area contributed by atoms with E-state index < -0.39 is 11.6 Å². The van der Waals surface area contributed by atoms with Crippen LogP contribution in [0.3, 0.4) is 0 Å². The van der Waals surface area contributed by atoms with E-state index in [1.54, 1.807) is 0 Å². The molecule has 5 rings (SSSR count). The SMILES string of the molecule is N#Cc1ccc(-c2ccc(F)c(-c3nc(-c4ccccc4)nc(-c4ccccc4)n3)c2)c(F)c1. The Balaban J connectivity index is 1.69. The molecular formula is C28H16F2N4. The number of hydrogen-bond donors (Lipinski definition) is 0. The molecule has 0 spiro atoms. The van der Waals surface area contributed by atoms with Crippen LogP contribution in [-0.2, 0) is 0 Å². The molecule has 0 aliphatic heterocycles. The van der Waals surface area contributed by atoms with Crippen molar-refractivity contribution in [1.82, 2.24) is 15.0 Å². The van der Waals surface area contributed by atoms with Crippen LogP contribution in [0.25, 0.3) is 45.3 Å². The first-order chi connectivity index (χ1) is 16.6. The van der Waals surface area contributed by atoms with Crippen LogP contribution < -0.4 is 0 Å². The summed E-state index contributed by atoms with van der Waals surface area (Å²) in [5, 5.41) is 9.00. The fraction of sp³-hybridized carbons (Fsp3) is 0. The number of aromatic nitrogens is 3. The molecule has 0 unspecified atom stereocenters. The second kappa shape index (κ2) is 9.00. The van der Waals surface area contributed by atoms with Gasteiger partial charge < -0.3 is 0 Å². The van der Waals surface area contributed by atoms with Crippen LogP contribution in [0.2, 0.25) is 0 Å². The molecule has 0 saturated carbocycles. The maximum absolute atomic E-state index is 15.0. The van der Waals surface area contributed by atoms with E-state index >= 15 is 4.39 Å². The quantitative estimate of drug-likeness (QED) is 0.309. The largest absolute Gasteiger partial charge is 0.208 e. The van der Waals surface area contributed by atoms with Crippen molar-refractivity contribution in [3.05, 3.63) is 114 Å². The molecule has 4 nitrogen and oxygen atoms in total. The minimum absolute atomic E-state index is 0.123. The van der Waals surface area contributed by atoms with Gasteiger partial charge in [-0.05, 0) is 29.8 Å². The molecule has 0 radical (unpaired) electrons. The van der Waals surface area contributed by atoms with Crippen molar-refractivity contribution < 1.29 is 8.78 Å². The molecule has 162 valence electrons. The van der Waals surface area contributed by atoms with Crippen molar-refractivity contribution in [2.75, 3.05) is 0 Å². The van der Waals surface area contributed by atoms with Gasteiger partial charge in [0.15, 0.2) is 17.5 Å². The highest BCUT2D eigenvalue weighted by atomic mass is 19.1. The summed E-state index contributed by atoms with van der Waals surface area (Å²) >= 11 is 0. The number of halogens is 2. The molecule has 1 heterocycles. The van der Waals surface area contributed by atoms with Crippen LogP contribution in [0, 0.1) is 23.0 Å².